The molecular formula is C18H20N8. The van der Waals surface area contributed by atoms with E-state index in [4.69, 9.17) is 5.73 Å². The number of nitrogens with two attached hydrogens (primary N) is 1. The highest BCUT2D eigenvalue weighted by atomic mass is 15.2. The van der Waals surface area contributed by atoms with Crippen LogP contribution in [0.25, 0.3) is 16.6 Å². The fourth-order valence-corrected chi connectivity index (χ4v) is 2.38. The number of nitrogens with one attached hydrogen (secondary N) is 1. The van der Waals surface area contributed by atoms with Crippen LogP contribution in [0.3, 0.4) is 0 Å². The van der Waals surface area contributed by atoms with Crippen LogP contribution in [0.15, 0.2) is 47.9 Å². The molecule has 0 aromatic carbocycles. The molecular weight excluding hydrogens is 328 g/mol. The lowest BCUT2D eigenvalue weighted by atomic mass is 10.1. The largest absolute Gasteiger partial charge is 0.404 e. The van der Waals surface area contributed by atoms with Gasteiger partial charge >= 0.3 is 0 Å². The van der Waals surface area contributed by atoms with Crippen molar-refractivity contribution >= 4 is 40.1 Å². The zero-order chi connectivity index (χ0) is 18.5. The van der Waals surface area contributed by atoms with Crippen molar-refractivity contribution in [2.24, 2.45) is 10.7 Å². The lowest BCUT2D eigenvalue weighted by molar-refractivity contribution is 1.01. The van der Waals surface area contributed by atoms with Gasteiger partial charge in [0.05, 0.1) is 22.9 Å². The van der Waals surface area contributed by atoms with Gasteiger partial charge in [-0.1, -0.05) is 0 Å². The van der Waals surface area contributed by atoms with Crippen LogP contribution in [0.5, 0.6) is 0 Å². The van der Waals surface area contributed by atoms with E-state index < -0.39 is 0 Å². The van der Waals surface area contributed by atoms with Crippen molar-refractivity contribution in [3.63, 3.8) is 0 Å². The third kappa shape index (κ3) is 3.75. The standard InChI is InChI=1S/C18H20N8/c1-20-9-13(8-19)12-6-16-15(21-10-12)4-5-17(23-16)24-18-7-14(26(2)3)11-22-25-18/h4-11H,19H2,1-3H3,(H,23,24,25). The fraction of sp³-hybridized carbons (Fsp3) is 0.167. The summed E-state index contributed by atoms with van der Waals surface area (Å²) in [5.74, 6) is 1.27. The van der Waals surface area contributed by atoms with Gasteiger partial charge in [0.15, 0.2) is 5.82 Å². The molecule has 8 nitrogen and oxygen atoms in total. The van der Waals surface area contributed by atoms with Crippen molar-refractivity contribution in [2.75, 3.05) is 31.4 Å². The molecule has 0 saturated carbocycles. The number of pyridine rings is 2. The van der Waals surface area contributed by atoms with E-state index in [9.17, 15) is 0 Å². The van der Waals surface area contributed by atoms with E-state index in [0.29, 0.717) is 11.6 Å². The van der Waals surface area contributed by atoms with Gasteiger partial charge in [0, 0.05) is 57.0 Å². The van der Waals surface area contributed by atoms with Gasteiger partial charge in [-0.05, 0) is 18.2 Å². The van der Waals surface area contributed by atoms with Crippen LogP contribution in [0.4, 0.5) is 17.3 Å². The lowest BCUT2D eigenvalue weighted by Gasteiger charge is -2.12. The second kappa shape index (κ2) is 7.56. The summed E-state index contributed by atoms with van der Waals surface area (Å²) in [6, 6.07) is 7.58. The molecule has 0 unspecified atom stereocenters. The molecule has 0 amide bonds. The molecule has 0 bridgehead atoms. The minimum Gasteiger partial charge on any atom is -0.404 e. The first-order valence-electron chi connectivity index (χ1n) is 7.99. The van der Waals surface area contributed by atoms with Crippen molar-refractivity contribution < 1.29 is 0 Å². The molecule has 3 rings (SSSR count). The van der Waals surface area contributed by atoms with Gasteiger partial charge in [-0.15, -0.1) is 5.10 Å². The quantitative estimate of drug-likeness (QED) is 0.681. The Morgan fingerprint density at radius 1 is 1.15 bits per heavy atom. The van der Waals surface area contributed by atoms with Crippen molar-refractivity contribution in [3.05, 3.63) is 48.4 Å². The van der Waals surface area contributed by atoms with Gasteiger partial charge in [0.25, 0.3) is 0 Å². The topological polar surface area (TPSA) is 105 Å². The Balaban J connectivity index is 1.94. The molecule has 0 radical (unpaired) electrons. The predicted molar refractivity (Wildman–Crippen MR) is 106 cm³/mol. The molecule has 0 atom stereocenters. The normalized spacial score (nSPS) is 11.9. The van der Waals surface area contributed by atoms with Gasteiger partial charge < -0.3 is 16.0 Å². The van der Waals surface area contributed by atoms with E-state index in [-0.39, 0.29) is 0 Å². The van der Waals surface area contributed by atoms with Crippen molar-refractivity contribution in [2.45, 2.75) is 0 Å². The van der Waals surface area contributed by atoms with Crippen LogP contribution < -0.4 is 16.0 Å². The summed E-state index contributed by atoms with van der Waals surface area (Å²) < 4.78 is 0. The summed E-state index contributed by atoms with van der Waals surface area (Å²) in [7, 11) is 5.59. The van der Waals surface area contributed by atoms with Gasteiger partial charge in [-0.2, -0.15) is 5.10 Å². The molecule has 0 saturated heterocycles. The second-order valence-corrected chi connectivity index (χ2v) is 5.79. The maximum Gasteiger partial charge on any atom is 0.156 e. The molecule has 26 heavy (non-hydrogen) atoms. The second-order valence-electron chi connectivity index (χ2n) is 5.79. The molecule has 3 aromatic heterocycles. The first kappa shape index (κ1) is 17.3. The number of aromatic nitrogens is 4. The lowest BCUT2D eigenvalue weighted by Crippen LogP contribution is -2.10. The molecule has 3 heterocycles. The van der Waals surface area contributed by atoms with E-state index in [1.807, 2.05) is 43.3 Å². The Bertz CT molecular complexity index is 978. The monoisotopic (exact) mass is 348 g/mol. The van der Waals surface area contributed by atoms with Gasteiger partial charge in [0.2, 0.25) is 0 Å². The highest BCUT2D eigenvalue weighted by Crippen LogP contribution is 2.21. The molecule has 0 spiro atoms. The molecule has 132 valence electrons. The number of hydrogen-bond donors (Lipinski definition) is 2. The third-order valence-corrected chi connectivity index (χ3v) is 3.73. The fourth-order valence-electron chi connectivity index (χ4n) is 2.38. The number of allylic oxidation sites excluding steroid dienone is 1. The maximum absolute atomic E-state index is 5.67. The van der Waals surface area contributed by atoms with E-state index in [1.165, 1.54) is 6.20 Å². The summed E-state index contributed by atoms with van der Waals surface area (Å²) >= 11 is 0. The number of nitrogens with zero attached hydrogens (tertiary/aromatic N) is 6. The van der Waals surface area contributed by atoms with Crippen molar-refractivity contribution in [3.8, 4) is 0 Å². The number of aliphatic imine (C=N–C) groups is 1. The molecule has 3 N–H and O–H groups in total. The molecule has 0 aliphatic rings. The molecule has 0 aliphatic carbocycles. The Kier molecular flexibility index (Phi) is 5.02. The van der Waals surface area contributed by atoms with Gasteiger partial charge in [-0.3, -0.25) is 9.98 Å². The Hall–Kier alpha value is -3.55. The van der Waals surface area contributed by atoms with E-state index >= 15 is 0 Å². The first-order chi connectivity index (χ1) is 12.6. The zero-order valence-electron chi connectivity index (χ0n) is 14.9. The van der Waals surface area contributed by atoms with Crippen LogP contribution >= 0.6 is 0 Å². The van der Waals surface area contributed by atoms with Crippen LogP contribution in [0.1, 0.15) is 5.56 Å². The predicted octanol–water partition coefficient (Wildman–Crippen LogP) is 2.23. The van der Waals surface area contributed by atoms with Gasteiger partial charge in [0.1, 0.15) is 5.82 Å². The summed E-state index contributed by atoms with van der Waals surface area (Å²) in [6.45, 7) is 0. The van der Waals surface area contributed by atoms with E-state index in [0.717, 1.165) is 27.9 Å². The highest BCUT2D eigenvalue weighted by molar-refractivity contribution is 6.10. The number of anilines is 3. The first-order valence-corrected chi connectivity index (χ1v) is 7.99. The molecule has 8 heteroatoms. The Morgan fingerprint density at radius 3 is 2.73 bits per heavy atom. The SMILES string of the molecule is CN=CC(=CN)c1cnc2ccc(Nc3cc(N(C)C)cnn3)nc2c1. The average molecular weight is 348 g/mol. The van der Waals surface area contributed by atoms with Crippen LogP contribution in [-0.4, -0.2) is 47.5 Å². The van der Waals surface area contributed by atoms with Crippen molar-refractivity contribution in [1.29, 1.82) is 0 Å². The van der Waals surface area contributed by atoms with Crippen LogP contribution in [-0.2, 0) is 0 Å². The summed E-state index contributed by atoms with van der Waals surface area (Å²) in [4.78, 5) is 15.0. The molecule has 0 fully saturated rings. The number of hydrogen-bond acceptors (Lipinski definition) is 8. The van der Waals surface area contributed by atoms with Crippen molar-refractivity contribution in [1.82, 2.24) is 20.2 Å². The molecule has 3 aromatic rings. The maximum atomic E-state index is 5.67. The van der Waals surface area contributed by atoms with Crippen LogP contribution in [0.2, 0.25) is 0 Å². The van der Waals surface area contributed by atoms with Crippen LogP contribution in [0, 0.1) is 0 Å². The summed E-state index contributed by atoms with van der Waals surface area (Å²) in [6.07, 6.45) is 6.64. The third-order valence-electron chi connectivity index (χ3n) is 3.73. The van der Waals surface area contributed by atoms with E-state index in [1.54, 1.807) is 25.7 Å². The smallest absolute Gasteiger partial charge is 0.156 e. The Labute approximate surface area is 151 Å². The van der Waals surface area contributed by atoms with Gasteiger partial charge in [-0.25, -0.2) is 4.98 Å². The molecule has 0 aliphatic heterocycles. The minimum absolute atomic E-state index is 0.618. The number of fused-ring (bicyclic) bond motifs is 1. The summed E-state index contributed by atoms with van der Waals surface area (Å²) in [5.41, 5.74) is 9.79. The highest BCUT2D eigenvalue weighted by Gasteiger charge is 2.06. The zero-order valence-corrected chi connectivity index (χ0v) is 14.9. The number of rotatable bonds is 5. The Morgan fingerprint density at radius 2 is 2.00 bits per heavy atom. The minimum atomic E-state index is 0.618. The average Bonchev–Trinajstić information content (AvgIpc) is 2.65. The van der Waals surface area contributed by atoms with E-state index in [2.05, 4.69) is 30.5 Å². The summed E-state index contributed by atoms with van der Waals surface area (Å²) in [5, 5.41) is 11.3.